The lowest BCUT2D eigenvalue weighted by molar-refractivity contribution is 0.0908. The van der Waals surface area contributed by atoms with Crippen LogP contribution in [0.3, 0.4) is 0 Å². The first kappa shape index (κ1) is 11.3. The van der Waals surface area contributed by atoms with Crippen LogP contribution in [0.15, 0.2) is 4.42 Å². The van der Waals surface area contributed by atoms with Gasteiger partial charge >= 0.3 is 0 Å². The number of hydrogen-bond acceptors (Lipinski definition) is 5. The van der Waals surface area contributed by atoms with Crippen LogP contribution in [0.4, 0.5) is 0 Å². The van der Waals surface area contributed by atoms with E-state index >= 15 is 0 Å². The Hall–Kier alpha value is -1.20. The van der Waals surface area contributed by atoms with Crippen molar-refractivity contribution in [3.05, 3.63) is 17.3 Å². The molecule has 5 nitrogen and oxygen atoms in total. The quantitative estimate of drug-likeness (QED) is 0.822. The zero-order chi connectivity index (χ0) is 11.5. The third kappa shape index (κ3) is 2.15. The molecule has 16 heavy (non-hydrogen) atoms. The number of fused-ring (bicyclic) bond motifs is 1. The third-order valence-electron chi connectivity index (χ3n) is 2.79. The monoisotopic (exact) mass is 224 g/mol. The first-order chi connectivity index (χ1) is 7.74. The zero-order valence-corrected chi connectivity index (χ0v) is 9.36. The van der Waals surface area contributed by atoms with Crippen LogP contribution in [-0.2, 0) is 17.8 Å². The Labute approximate surface area is 94.0 Å². The lowest BCUT2D eigenvalue weighted by Crippen LogP contribution is -2.21. The molecule has 0 saturated heterocycles. The molecule has 2 N–H and O–H groups in total. The maximum atomic E-state index is 11.8. The van der Waals surface area contributed by atoms with Gasteiger partial charge in [0.15, 0.2) is 11.5 Å². The van der Waals surface area contributed by atoms with Crippen molar-refractivity contribution in [1.82, 2.24) is 4.98 Å². The number of oxazole rings is 1. The number of nitrogens with two attached hydrogens (primary N) is 1. The fourth-order valence-corrected chi connectivity index (χ4v) is 2.08. The van der Waals surface area contributed by atoms with Crippen LogP contribution >= 0.6 is 0 Å². The average molecular weight is 224 g/mol. The standard InChI is InChI=1S/C11H16N2O3/c1-15-6-10-13-8-4-7(2-3-12)5-9(14)11(8)16-10/h7H,2-6,12H2,1H3. The third-order valence-corrected chi connectivity index (χ3v) is 2.79. The van der Waals surface area contributed by atoms with Gasteiger partial charge in [0, 0.05) is 13.5 Å². The Balaban J connectivity index is 2.18. The molecule has 0 aromatic carbocycles. The van der Waals surface area contributed by atoms with Crippen molar-refractivity contribution in [2.45, 2.75) is 25.9 Å². The maximum Gasteiger partial charge on any atom is 0.221 e. The number of nitrogens with zero attached hydrogens (tertiary/aromatic N) is 1. The van der Waals surface area contributed by atoms with Crippen LogP contribution in [0.1, 0.15) is 35.0 Å². The van der Waals surface area contributed by atoms with E-state index in [0.29, 0.717) is 37.1 Å². The molecule has 0 bridgehead atoms. The van der Waals surface area contributed by atoms with Gasteiger partial charge in [-0.2, -0.15) is 0 Å². The highest BCUT2D eigenvalue weighted by Gasteiger charge is 2.29. The Bertz CT molecular complexity index is 387. The van der Waals surface area contributed by atoms with Crippen molar-refractivity contribution in [1.29, 1.82) is 0 Å². The lowest BCUT2D eigenvalue weighted by atomic mass is 9.87. The van der Waals surface area contributed by atoms with Crippen LogP contribution < -0.4 is 5.73 Å². The molecular weight excluding hydrogens is 208 g/mol. The maximum absolute atomic E-state index is 11.8. The molecule has 2 rings (SSSR count). The first-order valence-corrected chi connectivity index (χ1v) is 5.45. The SMILES string of the molecule is COCc1nc2c(o1)C(=O)CC(CCN)C2. The van der Waals surface area contributed by atoms with Gasteiger partial charge < -0.3 is 14.9 Å². The number of carbonyl (C=O) groups excluding carboxylic acids is 1. The van der Waals surface area contributed by atoms with Crippen LogP contribution in [-0.4, -0.2) is 24.4 Å². The summed E-state index contributed by atoms with van der Waals surface area (Å²) in [7, 11) is 1.57. The van der Waals surface area contributed by atoms with E-state index in [1.165, 1.54) is 0 Å². The number of aromatic nitrogens is 1. The Morgan fingerprint density at radius 2 is 2.38 bits per heavy atom. The number of rotatable bonds is 4. The van der Waals surface area contributed by atoms with Crippen molar-refractivity contribution in [3.8, 4) is 0 Å². The van der Waals surface area contributed by atoms with Gasteiger partial charge in [0.25, 0.3) is 0 Å². The Morgan fingerprint density at radius 3 is 3.06 bits per heavy atom. The molecular formula is C11H16N2O3. The summed E-state index contributed by atoms with van der Waals surface area (Å²) in [6, 6.07) is 0. The number of Topliss-reactive ketones (excluding diaryl/α,β-unsaturated/α-hetero) is 1. The van der Waals surface area contributed by atoms with E-state index in [-0.39, 0.29) is 5.78 Å². The smallest absolute Gasteiger partial charge is 0.221 e. The number of ether oxygens (including phenoxy) is 1. The van der Waals surface area contributed by atoms with E-state index in [1.54, 1.807) is 7.11 Å². The largest absolute Gasteiger partial charge is 0.435 e. The van der Waals surface area contributed by atoms with Gasteiger partial charge in [-0.25, -0.2) is 4.98 Å². The molecule has 1 atom stereocenters. The molecule has 0 saturated carbocycles. The van der Waals surface area contributed by atoms with E-state index < -0.39 is 0 Å². The average Bonchev–Trinajstić information content (AvgIpc) is 2.62. The van der Waals surface area contributed by atoms with Crippen LogP contribution in [0.2, 0.25) is 0 Å². The predicted molar refractivity (Wildman–Crippen MR) is 57.0 cm³/mol. The molecule has 0 fully saturated rings. The summed E-state index contributed by atoms with van der Waals surface area (Å²) < 4.78 is 10.3. The van der Waals surface area contributed by atoms with Crippen molar-refractivity contribution in [2.24, 2.45) is 11.7 Å². The number of hydrogen-bond donors (Lipinski definition) is 1. The van der Waals surface area contributed by atoms with Crippen LogP contribution in [0.25, 0.3) is 0 Å². The Kier molecular flexibility index (Phi) is 3.36. The van der Waals surface area contributed by atoms with Crippen molar-refractivity contribution in [2.75, 3.05) is 13.7 Å². The molecule has 0 radical (unpaired) electrons. The van der Waals surface area contributed by atoms with Crippen molar-refractivity contribution < 1.29 is 13.9 Å². The minimum atomic E-state index is 0.0366. The van der Waals surface area contributed by atoms with Gasteiger partial charge in [-0.3, -0.25) is 4.79 Å². The lowest BCUT2D eigenvalue weighted by Gasteiger charge is -2.17. The van der Waals surface area contributed by atoms with E-state index in [2.05, 4.69) is 4.98 Å². The first-order valence-electron chi connectivity index (χ1n) is 5.45. The summed E-state index contributed by atoms with van der Waals surface area (Å²) >= 11 is 0. The fourth-order valence-electron chi connectivity index (χ4n) is 2.08. The minimum absolute atomic E-state index is 0.0366. The second-order valence-corrected chi connectivity index (χ2v) is 4.09. The van der Waals surface area contributed by atoms with E-state index in [4.69, 9.17) is 14.9 Å². The molecule has 1 aliphatic rings. The van der Waals surface area contributed by atoms with Crippen LogP contribution in [0, 0.1) is 5.92 Å². The van der Waals surface area contributed by atoms with E-state index in [1.807, 2.05) is 0 Å². The number of methoxy groups -OCH3 is 1. The Morgan fingerprint density at radius 1 is 1.56 bits per heavy atom. The van der Waals surface area contributed by atoms with Gasteiger partial charge in [-0.1, -0.05) is 0 Å². The van der Waals surface area contributed by atoms with Crippen molar-refractivity contribution in [3.63, 3.8) is 0 Å². The van der Waals surface area contributed by atoms with Crippen LogP contribution in [0.5, 0.6) is 0 Å². The summed E-state index contributed by atoms with van der Waals surface area (Å²) in [5.74, 6) is 1.25. The molecule has 1 aromatic rings. The van der Waals surface area contributed by atoms with Crippen molar-refractivity contribution >= 4 is 5.78 Å². The van der Waals surface area contributed by atoms with Gasteiger partial charge in [0.1, 0.15) is 6.61 Å². The second-order valence-electron chi connectivity index (χ2n) is 4.09. The van der Waals surface area contributed by atoms with E-state index in [0.717, 1.165) is 18.5 Å². The molecule has 1 aliphatic carbocycles. The molecule has 1 heterocycles. The zero-order valence-electron chi connectivity index (χ0n) is 9.36. The summed E-state index contributed by atoms with van der Waals surface area (Å²) in [6.45, 7) is 0.915. The minimum Gasteiger partial charge on any atom is -0.435 e. The summed E-state index contributed by atoms with van der Waals surface area (Å²) in [5.41, 5.74) is 6.27. The van der Waals surface area contributed by atoms with Gasteiger partial charge in [0.05, 0.1) is 5.69 Å². The van der Waals surface area contributed by atoms with Gasteiger partial charge in [0.2, 0.25) is 5.89 Å². The topological polar surface area (TPSA) is 78.4 Å². The summed E-state index contributed by atoms with van der Waals surface area (Å²) in [4.78, 5) is 16.0. The number of ketones is 1. The molecule has 5 heteroatoms. The molecule has 0 spiro atoms. The molecule has 1 unspecified atom stereocenters. The van der Waals surface area contributed by atoms with Gasteiger partial charge in [-0.05, 0) is 25.3 Å². The molecule has 1 aromatic heterocycles. The summed E-state index contributed by atoms with van der Waals surface area (Å²) in [6.07, 6.45) is 2.16. The van der Waals surface area contributed by atoms with E-state index in [9.17, 15) is 4.79 Å². The molecule has 0 aliphatic heterocycles. The molecule has 0 amide bonds. The highest BCUT2D eigenvalue weighted by molar-refractivity contribution is 5.95. The highest BCUT2D eigenvalue weighted by Crippen LogP contribution is 2.27. The number of carbonyl (C=O) groups is 1. The fraction of sp³-hybridized carbons (Fsp3) is 0.636. The normalized spacial score (nSPS) is 19.9. The second kappa shape index (κ2) is 4.76. The molecule has 88 valence electrons. The summed E-state index contributed by atoms with van der Waals surface area (Å²) in [5, 5.41) is 0. The highest BCUT2D eigenvalue weighted by atomic mass is 16.5. The van der Waals surface area contributed by atoms with Gasteiger partial charge in [-0.15, -0.1) is 0 Å². The predicted octanol–water partition coefficient (Wildman–Crippen LogP) is 0.915.